The summed E-state index contributed by atoms with van der Waals surface area (Å²) in [5.41, 5.74) is 5.99. The predicted molar refractivity (Wildman–Crippen MR) is 130 cm³/mol. The smallest absolute Gasteiger partial charge is 0.330 e. The topological polar surface area (TPSA) is 122 Å². The molecule has 3 rings (SSSR count). The Kier molecular flexibility index (Phi) is 7.72. The lowest BCUT2D eigenvalue weighted by Gasteiger charge is -2.26. The molecule has 0 saturated carbocycles. The fourth-order valence-corrected chi connectivity index (χ4v) is 3.52. The first kappa shape index (κ1) is 24.6. The van der Waals surface area contributed by atoms with Gasteiger partial charge in [0.2, 0.25) is 5.91 Å². The molecule has 3 aromatic rings. The van der Waals surface area contributed by atoms with Gasteiger partial charge in [0.15, 0.2) is 5.69 Å². The van der Waals surface area contributed by atoms with Crippen LogP contribution in [-0.2, 0) is 11.3 Å². The molecule has 34 heavy (non-hydrogen) atoms. The summed E-state index contributed by atoms with van der Waals surface area (Å²) in [6.07, 6.45) is 0. The molecular formula is C24H28FN5O4. The highest BCUT2D eigenvalue weighted by Gasteiger charge is 2.25. The van der Waals surface area contributed by atoms with Crippen molar-refractivity contribution in [3.63, 3.8) is 0 Å². The van der Waals surface area contributed by atoms with E-state index in [0.29, 0.717) is 5.69 Å². The summed E-state index contributed by atoms with van der Waals surface area (Å²) in [6.45, 7) is 3.88. The van der Waals surface area contributed by atoms with E-state index >= 15 is 0 Å². The predicted octanol–water partition coefficient (Wildman–Crippen LogP) is 2.42. The van der Waals surface area contributed by atoms with Gasteiger partial charge in [-0.05, 0) is 23.6 Å². The maximum absolute atomic E-state index is 13.5. The summed E-state index contributed by atoms with van der Waals surface area (Å²) in [6, 6.07) is 13.0. The second-order valence-corrected chi connectivity index (χ2v) is 8.16. The summed E-state index contributed by atoms with van der Waals surface area (Å²) in [4.78, 5) is 42.1. The molecule has 0 aliphatic rings. The average molecular weight is 470 g/mol. The number of carbonyl (C=O) groups excluding carboxylic acids is 1. The molecule has 0 aliphatic carbocycles. The number of ether oxygens (including phenoxy) is 1. The summed E-state index contributed by atoms with van der Waals surface area (Å²) < 4.78 is 19.9. The van der Waals surface area contributed by atoms with Gasteiger partial charge in [-0.15, -0.1) is 0 Å². The van der Waals surface area contributed by atoms with E-state index in [2.05, 4.69) is 10.3 Å². The number of benzene rings is 2. The average Bonchev–Trinajstić information content (AvgIpc) is 2.80. The second kappa shape index (κ2) is 10.7. The molecule has 1 heterocycles. The van der Waals surface area contributed by atoms with Crippen LogP contribution in [0, 0.1) is 11.7 Å². The third-order valence-corrected chi connectivity index (χ3v) is 5.11. The molecule has 2 aromatic carbocycles. The van der Waals surface area contributed by atoms with Crippen molar-refractivity contribution in [3.05, 3.63) is 80.7 Å². The van der Waals surface area contributed by atoms with Gasteiger partial charge in [-0.25, -0.2) is 9.18 Å². The van der Waals surface area contributed by atoms with Crippen LogP contribution in [0.4, 0.5) is 21.6 Å². The van der Waals surface area contributed by atoms with Gasteiger partial charge in [-0.2, -0.15) is 0 Å². The van der Waals surface area contributed by atoms with Gasteiger partial charge in [-0.1, -0.05) is 44.2 Å². The number of hydrogen-bond donors (Lipinski definition) is 3. The van der Waals surface area contributed by atoms with E-state index in [1.165, 1.54) is 34.8 Å². The second-order valence-electron chi connectivity index (χ2n) is 8.16. The van der Waals surface area contributed by atoms with Crippen LogP contribution in [0.1, 0.15) is 19.4 Å². The highest BCUT2D eigenvalue weighted by atomic mass is 19.1. The minimum atomic E-state index is -0.750. The van der Waals surface area contributed by atoms with E-state index in [4.69, 9.17) is 10.5 Å². The number of amides is 1. The fraction of sp³-hybridized carbons (Fsp3) is 0.292. The summed E-state index contributed by atoms with van der Waals surface area (Å²) in [7, 11) is 1.39. The first-order chi connectivity index (χ1) is 16.2. The molecule has 0 aliphatic heterocycles. The van der Waals surface area contributed by atoms with Crippen LogP contribution >= 0.6 is 0 Å². The Balaban J connectivity index is 1.95. The Labute approximate surface area is 196 Å². The lowest BCUT2D eigenvalue weighted by Crippen LogP contribution is -2.44. The van der Waals surface area contributed by atoms with Crippen LogP contribution in [0.3, 0.4) is 0 Å². The zero-order valence-corrected chi connectivity index (χ0v) is 19.3. The Morgan fingerprint density at radius 1 is 1.21 bits per heavy atom. The van der Waals surface area contributed by atoms with Gasteiger partial charge < -0.3 is 20.7 Å². The lowest BCUT2D eigenvalue weighted by molar-refractivity contribution is -0.117. The van der Waals surface area contributed by atoms with Crippen LogP contribution in [0.25, 0.3) is 0 Å². The standard InChI is InChI=1S/C24H28FN5O4/c1-15(2)13-29(20(31)12-27-18-10-9-17(25)11-19(18)34-3)21-22(26)30(24(33)28-23(21)32)14-16-7-5-4-6-8-16/h4-11,15,27H,12-14,26H2,1-3H3,(H,28,32,33). The first-order valence-corrected chi connectivity index (χ1v) is 10.8. The number of aromatic amines is 1. The van der Waals surface area contributed by atoms with Gasteiger partial charge in [0.05, 0.1) is 25.9 Å². The number of methoxy groups -OCH3 is 1. The number of anilines is 3. The molecule has 1 aromatic heterocycles. The van der Waals surface area contributed by atoms with Gasteiger partial charge in [0, 0.05) is 12.6 Å². The van der Waals surface area contributed by atoms with Crippen molar-refractivity contribution in [1.29, 1.82) is 0 Å². The van der Waals surface area contributed by atoms with Crippen LogP contribution in [0.15, 0.2) is 58.1 Å². The number of nitrogens with two attached hydrogens (primary N) is 1. The number of nitrogens with zero attached hydrogens (tertiary/aromatic N) is 2. The number of halogens is 1. The zero-order valence-electron chi connectivity index (χ0n) is 19.3. The maximum atomic E-state index is 13.5. The Morgan fingerprint density at radius 3 is 2.56 bits per heavy atom. The molecule has 4 N–H and O–H groups in total. The van der Waals surface area contributed by atoms with E-state index in [0.717, 1.165) is 5.56 Å². The largest absolute Gasteiger partial charge is 0.494 e. The molecule has 0 atom stereocenters. The minimum absolute atomic E-state index is 0.00221. The number of aromatic nitrogens is 2. The molecule has 180 valence electrons. The first-order valence-electron chi connectivity index (χ1n) is 10.8. The lowest BCUT2D eigenvalue weighted by atomic mass is 10.2. The van der Waals surface area contributed by atoms with Crippen LogP contribution < -0.4 is 31.9 Å². The maximum Gasteiger partial charge on any atom is 0.330 e. The van der Waals surface area contributed by atoms with Crippen molar-refractivity contribution in [1.82, 2.24) is 9.55 Å². The van der Waals surface area contributed by atoms with E-state index in [1.807, 2.05) is 44.2 Å². The summed E-state index contributed by atoms with van der Waals surface area (Å²) >= 11 is 0. The molecule has 0 radical (unpaired) electrons. The number of nitrogens with one attached hydrogen (secondary N) is 2. The number of nitrogen functional groups attached to an aromatic ring is 1. The van der Waals surface area contributed by atoms with Crippen molar-refractivity contribution in [3.8, 4) is 5.75 Å². The van der Waals surface area contributed by atoms with Crippen molar-refractivity contribution < 1.29 is 13.9 Å². The van der Waals surface area contributed by atoms with E-state index in [1.54, 1.807) is 0 Å². The van der Waals surface area contributed by atoms with Crippen LogP contribution in [0.2, 0.25) is 0 Å². The number of rotatable bonds is 9. The molecule has 0 unspecified atom stereocenters. The highest BCUT2D eigenvalue weighted by molar-refractivity contribution is 5.98. The van der Waals surface area contributed by atoms with Crippen LogP contribution in [-0.4, -0.2) is 35.7 Å². The fourth-order valence-electron chi connectivity index (χ4n) is 3.52. The normalized spacial score (nSPS) is 10.9. The Bertz CT molecular complexity index is 1270. The van der Waals surface area contributed by atoms with E-state index < -0.39 is 23.0 Å². The van der Waals surface area contributed by atoms with Crippen molar-refractivity contribution in [2.75, 3.05) is 36.1 Å². The third-order valence-electron chi connectivity index (χ3n) is 5.11. The quantitative estimate of drug-likeness (QED) is 0.442. The molecular weight excluding hydrogens is 441 g/mol. The van der Waals surface area contributed by atoms with Crippen molar-refractivity contribution >= 4 is 23.1 Å². The molecule has 1 amide bonds. The number of H-pyrrole nitrogens is 1. The highest BCUT2D eigenvalue weighted by Crippen LogP contribution is 2.25. The minimum Gasteiger partial charge on any atom is -0.494 e. The van der Waals surface area contributed by atoms with Crippen molar-refractivity contribution in [2.45, 2.75) is 20.4 Å². The molecule has 0 saturated heterocycles. The number of hydrogen-bond acceptors (Lipinski definition) is 6. The third kappa shape index (κ3) is 5.64. The van der Waals surface area contributed by atoms with E-state index in [9.17, 15) is 18.8 Å². The number of carbonyl (C=O) groups is 1. The van der Waals surface area contributed by atoms with Crippen LogP contribution in [0.5, 0.6) is 5.75 Å². The van der Waals surface area contributed by atoms with Gasteiger partial charge >= 0.3 is 5.69 Å². The SMILES string of the molecule is COc1cc(F)ccc1NCC(=O)N(CC(C)C)c1c(N)n(Cc2ccccc2)c(=O)[nH]c1=O. The van der Waals surface area contributed by atoms with Gasteiger partial charge in [0.1, 0.15) is 17.4 Å². The Morgan fingerprint density at radius 2 is 1.91 bits per heavy atom. The van der Waals surface area contributed by atoms with Crippen molar-refractivity contribution in [2.24, 2.45) is 5.92 Å². The molecule has 0 spiro atoms. The summed E-state index contributed by atoms with van der Waals surface area (Å²) in [5.74, 6) is -0.808. The Hall–Kier alpha value is -4.08. The molecule has 10 heteroatoms. The summed E-state index contributed by atoms with van der Waals surface area (Å²) in [5, 5.41) is 2.91. The van der Waals surface area contributed by atoms with Gasteiger partial charge in [0.25, 0.3) is 5.56 Å². The molecule has 0 fully saturated rings. The molecule has 9 nitrogen and oxygen atoms in total. The monoisotopic (exact) mass is 469 g/mol. The van der Waals surface area contributed by atoms with Gasteiger partial charge in [-0.3, -0.25) is 19.1 Å². The zero-order chi connectivity index (χ0) is 24.8. The van der Waals surface area contributed by atoms with E-state index in [-0.39, 0.29) is 42.8 Å². The molecule has 0 bridgehead atoms.